The normalized spacial score (nSPS) is 18.7. The van der Waals surface area contributed by atoms with E-state index >= 15 is 0 Å². The average molecular weight is 206 g/mol. The molecule has 2 nitrogen and oxygen atoms in total. The van der Waals surface area contributed by atoms with Gasteiger partial charge >= 0.3 is 0 Å². The highest BCUT2D eigenvalue weighted by Crippen LogP contribution is 2.22. The van der Waals surface area contributed by atoms with Crippen LogP contribution in [0.2, 0.25) is 0 Å². The highest BCUT2D eigenvalue weighted by molar-refractivity contribution is 6.00. The van der Waals surface area contributed by atoms with Gasteiger partial charge in [-0.1, -0.05) is 38.5 Å². The largest absolute Gasteiger partial charge is 0.492 e. The highest BCUT2D eigenvalue weighted by atomic mass is 16.5. The zero-order valence-electron chi connectivity index (χ0n) is 9.45. The van der Waals surface area contributed by atoms with Gasteiger partial charge in [-0.25, -0.2) is 0 Å². The highest BCUT2D eigenvalue weighted by Gasteiger charge is 2.20. The topological polar surface area (TPSA) is 26.3 Å². The molecule has 2 aliphatic rings. The fourth-order valence-corrected chi connectivity index (χ4v) is 1.38. The van der Waals surface area contributed by atoms with Crippen LogP contribution in [0.5, 0.6) is 0 Å². The summed E-state index contributed by atoms with van der Waals surface area (Å²) >= 11 is 0. The van der Waals surface area contributed by atoms with E-state index in [2.05, 4.69) is 13.8 Å². The Balaban J connectivity index is 0.000000337. The summed E-state index contributed by atoms with van der Waals surface area (Å²) in [6, 6.07) is 0. The lowest BCUT2D eigenvalue weighted by Crippen LogP contribution is -2.16. The number of Topliss-reactive ketones (excluding diaryl/α,β-unsaturated/α-hetero) is 1. The van der Waals surface area contributed by atoms with Crippen molar-refractivity contribution in [1.82, 2.24) is 0 Å². The van der Waals surface area contributed by atoms with E-state index in [4.69, 9.17) is 4.74 Å². The third kappa shape index (κ3) is 3.39. The second-order valence-electron chi connectivity index (χ2n) is 3.54. The molecular formula is C13H18O2. The Kier molecular flexibility index (Phi) is 4.88. The standard InChI is InChI=1S/C10H10O2.C3H8/c11-9-6-7-12-10-5-3-1-2-4-8(9)10;1-3-2/h1,3-5H,2,6-7H2;3H2,1-2H3. The predicted octanol–water partition coefficient (Wildman–Crippen LogP) is 3.16. The third-order valence-electron chi connectivity index (χ3n) is 1.99. The molecule has 2 rings (SSSR count). The summed E-state index contributed by atoms with van der Waals surface area (Å²) in [5.41, 5.74) is 0.756. The molecule has 0 spiro atoms. The molecule has 0 radical (unpaired) electrons. The predicted molar refractivity (Wildman–Crippen MR) is 61.5 cm³/mol. The Bertz CT molecular complexity index is 308. The van der Waals surface area contributed by atoms with Crippen LogP contribution in [0.1, 0.15) is 33.1 Å². The molecule has 0 aromatic carbocycles. The van der Waals surface area contributed by atoms with Gasteiger partial charge in [0.2, 0.25) is 0 Å². The van der Waals surface area contributed by atoms with E-state index < -0.39 is 0 Å². The summed E-state index contributed by atoms with van der Waals surface area (Å²) < 4.78 is 5.35. The second kappa shape index (κ2) is 6.23. The van der Waals surface area contributed by atoms with Gasteiger partial charge in [0.15, 0.2) is 5.78 Å². The van der Waals surface area contributed by atoms with Gasteiger partial charge in [-0.05, 0) is 12.5 Å². The number of hydrogen-bond donors (Lipinski definition) is 0. The van der Waals surface area contributed by atoms with E-state index in [1.807, 2.05) is 24.3 Å². The Morgan fingerprint density at radius 1 is 1.40 bits per heavy atom. The van der Waals surface area contributed by atoms with Crippen LogP contribution in [0.25, 0.3) is 0 Å². The lowest BCUT2D eigenvalue weighted by Gasteiger charge is -2.17. The molecule has 0 N–H and O–H groups in total. The molecule has 82 valence electrons. The summed E-state index contributed by atoms with van der Waals surface area (Å²) in [4.78, 5) is 11.4. The Morgan fingerprint density at radius 2 is 2.13 bits per heavy atom. The van der Waals surface area contributed by atoms with Crippen LogP contribution in [0, 0.1) is 0 Å². The lowest BCUT2D eigenvalue weighted by atomic mass is 10.0. The maximum Gasteiger partial charge on any atom is 0.169 e. The van der Waals surface area contributed by atoms with Crippen LogP contribution >= 0.6 is 0 Å². The summed E-state index contributed by atoms with van der Waals surface area (Å²) in [7, 11) is 0. The number of carbonyl (C=O) groups excluding carboxylic acids is 1. The van der Waals surface area contributed by atoms with Crippen molar-refractivity contribution in [1.29, 1.82) is 0 Å². The van der Waals surface area contributed by atoms with E-state index in [-0.39, 0.29) is 5.78 Å². The van der Waals surface area contributed by atoms with Gasteiger partial charge in [-0.2, -0.15) is 0 Å². The summed E-state index contributed by atoms with van der Waals surface area (Å²) in [5.74, 6) is 0.941. The van der Waals surface area contributed by atoms with Crippen molar-refractivity contribution in [2.75, 3.05) is 6.61 Å². The van der Waals surface area contributed by atoms with Crippen LogP contribution in [0.15, 0.2) is 35.6 Å². The van der Waals surface area contributed by atoms with Crippen molar-refractivity contribution in [3.05, 3.63) is 35.6 Å². The van der Waals surface area contributed by atoms with Crippen molar-refractivity contribution in [3.8, 4) is 0 Å². The number of hydrogen-bond acceptors (Lipinski definition) is 2. The number of rotatable bonds is 0. The van der Waals surface area contributed by atoms with Crippen LogP contribution in [0.4, 0.5) is 0 Å². The molecule has 2 heteroatoms. The van der Waals surface area contributed by atoms with Crippen LogP contribution < -0.4 is 0 Å². The first-order chi connectivity index (χ1) is 7.29. The fourth-order valence-electron chi connectivity index (χ4n) is 1.38. The van der Waals surface area contributed by atoms with Gasteiger partial charge in [0.1, 0.15) is 5.76 Å². The summed E-state index contributed by atoms with van der Waals surface area (Å²) in [6.45, 7) is 4.77. The molecule has 0 saturated carbocycles. The summed E-state index contributed by atoms with van der Waals surface area (Å²) in [6.07, 6.45) is 10.3. The van der Waals surface area contributed by atoms with Crippen molar-refractivity contribution in [3.63, 3.8) is 0 Å². The Morgan fingerprint density at radius 3 is 2.87 bits per heavy atom. The third-order valence-corrected chi connectivity index (χ3v) is 1.99. The first-order valence-electron chi connectivity index (χ1n) is 5.53. The molecule has 0 amide bonds. The molecule has 1 aliphatic heterocycles. The fraction of sp³-hybridized carbons (Fsp3) is 0.462. The number of fused-ring (bicyclic) bond motifs is 1. The minimum Gasteiger partial charge on any atom is -0.492 e. The zero-order chi connectivity index (χ0) is 11.1. The molecule has 15 heavy (non-hydrogen) atoms. The molecule has 1 fully saturated rings. The molecule has 0 atom stereocenters. The van der Waals surface area contributed by atoms with Gasteiger partial charge in [-0.15, -0.1) is 0 Å². The van der Waals surface area contributed by atoms with Gasteiger partial charge in [0, 0.05) is 6.42 Å². The van der Waals surface area contributed by atoms with Crippen molar-refractivity contribution in [2.45, 2.75) is 33.1 Å². The van der Waals surface area contributed by atoms with Gasteiger partial charge in [-0.3, -0.25) is 4.79 Å². The summed E-state index contributed by atoms with van der Waals surface area (Å²) in [5, 5.41) is 0. The quantitative estimate of drug-likeness (QED) is 0.608. The second-order valence-corrected chi connectivity index (χ2v) is 3.54. The lowest BCUT2D eigenvalue weighted by molar-refractivity contribution is -0.117. The van der Waals surface area contributed by atoms with Crippen molar-refractivity contribution in [2.24, 2.45) is 0 Å². The van der Waals surface area contributed by atoms with E-state index in [1.54, 1.807) is 0 Å². The average Bonchev–Trinajstić information content (AvgIpc) is 2.45. The van der Waals surface area contributed by atoms with Gasteiger partial charge in [0.05, 0.1) is 12.2 Å². The zero-order valence-corrected chi connectivity index (χ0v) is 9.45. The van der Waals surface area contributed by atoms with Gasteiger partial charge < -0.3 is 4.74 Å². The van der Waals surface area contributed by atoms with Crippen molar-refractivity contribution >= 4 is 5.78 Å². The van der Waals surface area contributed by atoms with Gasteiger partial charge in [0.25, 0.3) is 0 Å². The van der Waals surface area contributed by atoms with Crippen LogP contribution in [-0.4, -0.2) is 12.4 Å². The number of allylic oxidation sites excluding steroid dienone is 5. The minimum absolute atomic E-state index is 0.205. The van der Waals surface area contributed by atoms with Crippen molar-refractivity contribution < 1.29 is 9.53 Å². The molecule has 1 saturated heterocycles. The number of ether oxygens (including phenoxy) is 1. The maximum absolute atomic E-state index is 11.4. The Labute approximate surface area is 91.3 Å². The SMILES string of the molecule is CCC.O=C1CCOC2=CC=CCC=C12. The maximum atomic E-state index is 11.4. The molecule has 1 heterocycles. The number of carbonyl (C=O) groups is 1. The smallest absolute Gasteiger partial charge is 0.169 e. The Hall–Kier alpha value is -1.31. The molecule has 1 aliphatic carbocycles. The first-order valence-corrected chi connectivity index (χ1v) is 5.53. The molecular weight excluding hydrogens is 188 g/mol. The first kappa shape index (κ1) is 11.8. The van der Waals surface area contributed by atoms with Crippen LogP contribution in [0.3, 0.4) is 0 Å². The van der Waals surface area contributed by atoms with E-state index in [0.29, 0.717) is 13.0 Å². The monoisotopic (exact) mass is 206 g/mol. The molecule has 0 bridgehead atoms. The van der Waals surface area contributed by atoms with E-state index in [0.717, 1.165) is 17.8 Å². The van der Waals surface area contributed by atoms with Crippen LogP contribution in [-0.2, 0) is 9.53 Å². The molecule has 0 aromatic rings. The van der Waals surface area contributed by atoms with E-state index in [9.17, 15) is 4.79 Å². The number of ketones is 1. The minimum atomic E-state index is 0.205. The molecule has 0 aromatic heterocycles. The molecule has 0 unspecified atom stereocenters. The van der Waals surface area contributed by atoms with E-state index in [1.165, 1.54) is 6.42 Å².